The number of carbonyl (C=O) groups excluding carboxylic acids is 2. The van der Waals surface area contributed by atoms with Gasteiger partial charge in [0.25, 0.3) is 15.9 Å². The number of nitrogens with zero attached hydrogens (tertiary/aromatic N) is 3. The van der Waals surface area contributed by atoms with Gasteiger partial charge in [-0.25, -0.2) is 22.9 Å². The first-order valence-electron chi connectivity index (χ1n) is 18.1. The van der Waals surface area contributed by atoms with Crippen LogP contribution in [0.15, 0.2) is 53.4 Å². The second-order valence-electron chi connectivity index (χ2n) is 15.9. The monoisotopic (exact) mass is 717 g/mol. The summed E-state index contributed by atoms with van der Waals surface area (Å²) in [4.78, 5) is 37.9. The van der Waals surface area contributed by atoms with Gasteiger partial charge in [-0.3, -0.25) is 4.79 Å². The van der Waals surface area contributed by atoms with Crippen LogP contribution in [0.4, 0.5) is 10.7 Å². The molecule has 12 heteroatoms. The number of fused-ring (bicyclic) bond motifs is 4. The van der Waals surface area contributed by atoms with Crippen molar-refractivity contribution in [3.63, 3.8) is 0 Å². The van der Waals surface area contributed by atoms with Crippen LogP contribution in [-0.2, 0) is 14.8 Å². The number of carbonyl (C=O) groups is 2. The zero-order chi connectivity index (χ0) is 36.6. The summed E-state index contributed by atoms with van der Waals surface area (Å²) < 4.78 is 41.9. The molecule has 0 unspecified atom stereocenters. The molecule has 6 rings (SSSR count). The third-order valence-electron chi connectivity index (χ3n) is 10.7. The Morgan fingerprint density at radius 1 is 1.08 bits per heavy atom. The number of aromatic nitrogens is 2. The highest BCUT2D eigenvalue weighted by molar-refractivity contribution is 7.92. The van der Waals surface area contributed by atoms with Crippen LogP contribution in [0.1, 0.15) is 101 Å². The standard InChI is InChI=1S/C39H51N5O6S/c1-7-39(21-28(22-39)40-37(46)50-30-14-10-15-30)17-18-44-29(23-38(4,5)6)24-49-33-20-32(34-25(2)11-8-12-26(34)3)41-36(42-33)43-51(47,48)31-16-9-13-27(19-31)35(44)45/h8-9,11-13,16,19-20,28-30H,7,10,14-15,17-18,21-24H2,1-6H3,(H,40,46)(H,41,42,43)/t28?,29-,39?/m1/s1. The van der Waals surface area contributed by atoms with E-state index in [4.69, 9.17) is 9.47 Å². The lowest BCUT2D eigenvalue weighted by atomic mass is 9.62. The van der Waals surface area contributed by atoms with Crippen molar-refractivity contribution in [3.05, 3.63) is 65.2 Å². The average Bonchev–Trinajstić information content (AvgIpc) is 3.02. The number of ether oxygens (including phenoxy) is 2. The van der Waals surface area contributed by atoms with E-state index >= 15 is 0 Å². The Hall–Kier alpha value is -4.19. The molecule has 2 aliphatic carbocycles. The van der Waals surface area contributed by atoms with Gasteiger partial charge in [-0.05, 0) is 98.9 Å². The van der Waals surface area contributed by atoms with Crippen molar-refractivity contribution in [3.8, 4) is 17.1 Å². The van der Waals surface area contributed by atoms with Crippen LogP contribution in [0.2, 0.25) is 0 Å². The summed E-state index contributed by atoms with van der Waals surface area (Å²) in [5, 5.41) is 3.05. The van der Waals surface area contributed by atoms with E-state index < -0.39 is 10.0 Å². The van der Waals surface area contributed by atoms with E-state index in [-0.39, 0.29) is 69.9 Å². The number of sulfonamides is 1. The van der Waals surface area contributed by atoms with E-state index in [9.17, 15) is 18.0 Å². The van der Waals surface area contributed by atoms with E-state index in [0.29, 0.717) is 18.7 Å². The summed E-state index contributed by atoms with van der Waals surface area (Å²) in [7, 11) is -4.16. The topological polar surface area (TPSA) is 140 Å². The highest BCUT2D eigenvalue weighted by Gasteiger charge is 2.44. The minimum absolute atomic E-state index is 0.0311. The normalized spacial score (nSPS) is 23.3. The van der Waals surface area contributed by atoms with Crippen molar-refractivity contribution >= 4 is 28.0 Å². The molecule has 0 saturated heterocycles. The van der Waals surface area contributed by atoms with E-state index in [0.717, 1.165) is 61.6 Å². The van der Waals surface area contributed by atoms with Crippen LogP contribution in [0.5, 0.6) is 5.88 Å². The minimum Gasteiger partial charge on any atom is -0.475 e. The van der Waals surface area contributed by atoms with Gasteiger partial charge in [0.15, 0.2) is 0 Å². The molecule has 0 spiro atoms. The van der Waals surface area contributed by atoms with Crippen molar-refractivity contribution in [1.29, 1.82) is 0 Å². The summed E-state index contributed by atoms with van der Waals surface area (Å²) in [6.45, 7) is 13.1. The van der Waals surface area contributed by atoms with Gasteiger partial charge in [0.2, 0.25) is 11.8 Å². The van der Waals surface area contributed by atoms with Crippen LogP contribution < -0.4 is 14.8 Å². The summed E-state index contributed by atoms with van der Waals surface area (Å²) in [6.07, 6.45) is 6.50. The van der Waals surface area contributed by atoms with Crippen molar-refractivity contribution in [2.45, 2.75) is 116 Å². The molecule has 3 aliphatic rings. The minimum atomic E-state index is -4.16. The van der Waals surface area contributed by atoms with Crippen LogP contribution in [-0.4, -0.2) is 66.6 Å². The number of hydrogen-bond acceptors (Lipinski definition) is 8. The van der Waals surface area contributed by atoms with E-state index in [1.54, 1.807) is 18.2 Å². The highest BCUT2D eigenvalue weighted by Crippen LogP contribution is 2.47. The van der Waals surface area contributed by atoms with Crippen molar-refractivity contribution in [2.24, 2.45) is 10.8 Å². The largest absolute Gasteiger partial charge is 0.475 e. The zero-order valence-electron chi connectivity index (χ0n) is 30.6. The molecule has 2 heterocycles. The molecule has 2 fully saturated rings. The molecule has 51 heavy (non-hydrogen) atoms. The molecule has 2 N–H and O–H groups in total. The summed E-state index contributed by atoms with van der Waals surface area (Å²) >= 11 is 0. The Morgan fingerprint density at radius 2 is 1.78 bits per heavy atom. The number of benzene rings is 2. The predicted molar refractivity (Wildman–Crippen MR) is 196 cm³/mol. The van der Waals surface area contributed by atoms with E-state index in [2.05, 4.69) is 47.7 Å². The Bertz CT molecular complexity index is 1860. The highest BCUT2D eigenvalue weighted by atomic mass is 32.2. The molecule has 11 nitrogen and oxygen atoms in total. The number of alkyl carbamates (subject to hydrolysis) is 1. The van der Waals surface area contributed by atoms with E-state index in [1.165, 1.54) is 12.1 Å². The quantitative estimate of drug-likeness (QED) is 0.245. The van der Waals surface area contributed by atoms with Gasteiger partial charge in [0.1, 0.15) is 12.7 Å². The first-order chi connectivity index (χ1) is 24.1. The predicted octanol–water partition coefficient (Wildman–Crippen LogP) is 7.43. The molecular formula is C39H51N5O6S. The third-order valence-corrected chi connectivity index (χ3v) is 12.0. The maximum Gasteiger partial charge on any atom is 0.407 e. The third kappa shape index (κ3) is 8.48. The fraction of sp³-hybridized carbons (Fsp3) is 0.538. The Morgan fingerprint density at radius 3 is 2.43 bits per heavy atom. The Labute approximate surface area is 302 Å². The van der Waals surface area contributed by atoms with Crippen molar-refractivity contribution in [1.82, 2.24) is 20.2 Å². The maximum absolute atomic E-state index is 14.5. The number of anilines is 1. The molecular weight excluding hydrogens is 667 g/mol. The number of amides is 2. The maximum atomic E-state index is 14.5. The van der Waals surface area contributed by atoms with Gasteiger partial charge >= 0.3 is 6.09 Å². The molecule has 1 atom stereocenters. The second-order valence-corrected chi connectivity index (χ2v) is 17.5. The first-order valence-corrected chi connectivity index (χ1v) is 19.6. The number of rotatable bonds is 8. The van der Waals surface area contributed by atoms with Gasteiger partial charge in [-0.2, -0.15) is 4.98 Å². The molecule has 274 valence electrons. The number of nitrogens with one attached hydrogen (secondary N) is 2. The summed E-state index contributed by atoms with van der Waals surface area (Å²) in [6, 6.07) is 13.5. The Kier molecular flexibility index (Phi) is 10.4. The molecule has 2 amide bonds. The van der Waals surface area contributed by atoms with E-state index in [1.807, 2.05) is 36.9 Å². The molecule has 2 saturated carbocycles. The SMILES string of the molecule is CCC1(CCN2C(=O)c3cccc(c3)S(=O)(=O)Nc3nc(cc(-c4c(C)cccc4C)n3)OC[C@H]2CC(C)(C)C)CC(NC(=O)OC2CCC2)C1. The molecule has 1 aromatic heterocycles. The lowest BCUT2D eigenvalue weighted by Crippen LogP contribution is -2.53. The van der Waals surface area contributed by atoms with Crippen LogP contribution in [0, 0.1) is 24.7 Å². The van der Waals surface area contributed by atoms with Crippen molar-refractivity contribution < 1.29 is 27.5 Å². The molecule has 0 radical (unpaired) electrons. The summed E-state index contributed by atoms with van der Waals surface area (Å²) in [5.74, 6) is -0.160. The summed E-state index contributed by atoms with van der Waals surface area (Å²) in [5.41, 5.74) is 3.42. The molecule has 4 bridgehead atoms. The molecule has 1 aliphatic heterocycles. The molecule has 3 aromatic rings. The lowest BCUT2D eigenvalue weighted by Gasteiger charge is -2.49. The van der Waals surface area contributed by atoms with Gasteiger partial charge in [-0.15, -0.1) is 0 Å². The Balaban J connectivity index is 1.33. The van der Waals surface area contributed by atoms with Gasteiger partial charge < -0.3 is 19.7 Å². The number of hydrogen-bond donors (Lipinski definition) is 2. The van der Waals surface area contributed by atoms with Crippen LogP contribution in [0.25, 0.3) is 11.3 Å². The van der Waals surface area contributed by atoms with Crippen LogP contribution >= 0.6 is 0 Å². The smallest absolute Gasteiger partial charge is 0.407 e. The number of aryl methyl sites for hydroxylation is 2. The fourth-order valence-electron chi connectivity index (χ4n) is 7.59. The zero-order valence-corrected chi connectivity index (χ0v) is 31.4. The lowest BCUT2D eigenvalue weighted by molar-refractivity contribution is 0.0179. The van der Waals surface area contributed by atoms with Crippen molar-refractivity contribution in [2.75, 3.05) is 17.9 Å². The van der Waals surface area contributed by atoms with Gasteiger partial charge in [-0.1, -0.05) is 58.4 Å². The second kappa shape index (κ2) is 14.4. The fourth-order valence-corrected chi connectivity index (χ4v) is 8.57. The first kappa shape index (κ1) is 36.6. The van der Waals surface area contributed by atoms with Gasteiger partial charge in [0.05, 0.1) is 16.6 Å². The molecule has 2 aromatic carbocycles. The van der Waals surface area contributed by atoms with Crippen LogP contribution in [0.3, 0.4) is 0 Å². The average molecular weight is 718 g/mol. The van der Waals surface area contributed by atoms with Gasteiger partial charge in [0, 0.05) is 29.8 Å².